The summed E-state index contributed by atoms with van der Waals surface area (Å²) in [5, 5.41) is 0. The number of carbonyl (C=O) groups excluding carboxylic acids is 2. The largest absolute Gasteiger partial charge is 0.345 e. The third kappa shape index (κ3) is 1.82. The van der Waals surface area contributed by atoms with E-state index in [-0.39, 0.29) is 11.9 Å². The first-order valence-corrected chi connectivity index (χ1v) is 7.18. The van der Waals surface area contributed by atoms with Crippen LogP contribution in [0.4, 0.5) is 5.69 Å². The molecule has 1 saturated heterocycles. The number of piperidine rings is 1. The Morgan fingerprint density at radius 2 is 1.85 bits per heavy atom. The van der Waals surface area contributed by atoms with Gasteiger partial charge in [-0.1, -0.05) is 18.2 Å². The average molecular weight is 272 g/mol. The van der Waals surface area contributed by atoms with E-state index in [0.29, 0.717) is 0 Å². The zero-order valence-corrected chi connectivity index (χ0v) is 12.0. The topological polar surface area (TPSA) is 40.6 Å². The van der Waals surface area contributed by atoms with Gasteiger partial charge in [0, 0.05) is 24.8 Å². The summed E-state index contributed by atoms with van der Waals surface area (Å²) in [6.45, 7) is 5.46. The van der Waals surface area contributed by atoms with Crippen LogP contribution >= 0.6 is 0 Å². The number of fused-ring (bicyclic) bond motifs is 1. The summed E-state index contributed by atoms with van der Waals surface area (Å²) in [5.74, 6) is 0.184. The van der Waals surface area contributed by atoms with E-state index >= 15 is 0 Å². The van der Waals surface area contributed by atoms with Gasteiger partial charge in [-0.15, -0.1) is 0 Å². The summed E-state index contributed by atoms with van der Waals surface area (Å²) >= 11 is 0. The molecule has 0 radical (unpaired) electrons. The molecular weight excluding hydrogens is 252 g/mol. The minimum Gasteiger partial charge on any atom is -0.345 e. The van der Waals surface area contributed by atoms with Crippen LogP contribution < -0.4 is 4.90 Å². The number of benzene rings is 1. The molecule has 2 aliphatic heterocycles. The second-order valence-electron chi connectivity index (χ2n) is 6.19. The van der Waals surface area contributed by atoms with Crippen molar-refractivity contribution in [2.75, 3.05) is 18.0 Å². The number of hydrogen-bond donors (Lipinski definition) is 0. The van der Waals surface area contributed by atoms with Crippen molar-refractivity contribution in [1.82, 2.24) is 4.90 Å². The van der Waals surface area contributed by atoms with E-state index in [1.807, 2.05) is 43.0 Å². The van der Waals surface area contributed by atoms with Crippen LogP contribution in [0.3, 0.4) is 0 Å². The summed E-state index contributed by atoms with van der Waals surface area (Å²) in [6.07, 6.45) is 2.61. The van der Waals surface area contributed by atoms with Crippen molar-refractivity contribution in [3.63, 3.8) is 0 Å². The second kappa shape index (κ2) is 4.62. The fourth-order valence-electron chi connectivity index (χ4n) is 3.35. The lowest BCUT2D eigenvalue weighted by molar-refractivity contribution is -0.122. The molecule has 1 aromatic carbocycles. The number of carbonyl (C=O) groups is 2. The summed E-state index contributed by atoms with van der Waals surface area (Å²) in [5.41, 5.74) is 1.72. The quantitative estimate of drug-likeness (QED) is 0.772. The standard InChI is InChI=1S/C16H20N2O2/c1-16(2)13-5-3-4-6-14(13)18(15(16)20)12-7-9-17(11-19)10-8-12/h3-6,11-12H,7-10H2,1-2H3. The monoisotopic (exact) mass is 272 g/mol. The summed E-state index contributed by atoms with van der Waals surface area (Å²) < 4.78 is 0. The number of amides is 2. The van der Waals surface area contributed by atoms with Gasteiger partial charge in [0.15, 0.2) is 0 Å². The van der Waals surface area contributed by atoms with Gasteiger partial charge >= 0.3 is 0 Å². The Morgan fingerprint density at radius 3 is 2.50 bits per heavy atom. The molecular formula is C16H20N2O2. The van der Waals surface area contributed by atoms with E-state index in [2.05, 4.69) is 0 Å². The maximum Gasteiger partial charge on any atom is 0.237 e. The van der Waals surface area contributed by atoms with Crippen LogP contribution in [0.5, 0.6) is 0 Å². The van der Waals surface area contributed by atoms with Crippen LogP contribution in [-0.4, -0.2) is 36.3 Å². The van der Waals surface area contributed by atoms with Crippen LogP contribution in [0.1, 0.15) is 32.3 Å². The molecule has 106 valence electrons. The number of rotatable bonds is 2. The highest BCUT2D eigenvalue weighted by molar-refractivity contribution is 6.08. The number of anilines is 1. The third-order valence-electron chi connectivity index (χ3n) is 4.60. The molecule has 3 rings (SSSR count). The van der Waals surface area contributed by atoms with Crippen molar-refractivity contribution in [2.45, 2.75) is 38.1 Å². The lowest BCUT2D eigenvalue weighted by atomic mass is 9.86. The molecule has 0 aromatic heterocycles. The Labute approximate surface area is 119 Å². The summed E-state index contributed by atoms with van der Waals surface area (Å²) in [7, 11) is 0. The van der Waals surface area contributed by atoms with E-state index in [1.54, 1.807) is 4.90 Å². The fourth-order valence-corrected chi connectivity index (χ4v) is 3.35. The Hall–Kier alpha value is -1.84. The molecule has 2 aliphatic rings. The van der Waals surface area contributed by atoms with Gasteiger partial charge < -0.3 is 9.80 Å². The Kier molecular flexibility index (Phi) is 3.04. The highest BCUT2D eigenvalue weighted by atomic mass is 16.2. The maximum absolute atomic E-state index is 12.8. The molecule has 0 saturated carbocycles. The molecule has 0 N–H and O–H groups in total. The van der Waals surface area contributed by atoms with Crippen LogP contribution in [0.25, 0.3) is 0 Å². The summed E-state index contributed by atoms with van der Waals surface area (Å²) in [6, 6.07) is 8.27. The molecule has 0 spiro atoms. The summed E-state index contributed by atoms with van der Waals surface area (Å²) in [4.78, 5) is 27.3. The molecule has 20 heavy (non-hydrogen) atoms. The molecule has 0 bridgehead atoms. The molecule has 0 unspecified atom stereocenters. The van der Waals surface area contributed by atoms with Crippen LogP contribution in [0.15, 0.2) is 24.3 Å². The van der Waals surface area contributed by atoms with E-state index in [1.165, 1.54) is 0 Å². The van der Waals surface area contributed by atoms with E-state index in [9.17, 15) is 9.59 Å². The van der Waals surface area contributed by atoms with Gasteiger partial charge in [0.05, 0.1) is 5.41 Å². The average Bonchev–Trinajstić information content (AvgIpc) is 2.67. The molecule has 4 heteroatoms. The molecule has 0 atom stereocenters. The van der Waals surface area contributed by atoms with Crippen molar-refractivity contribution in [3.8, 4) is 0 Å². The lowest BCUT2D eigenvalue weighted by Crippen LogP contribution is -2.48. The van der Waals surface area contributed by atoms with E-state index in [4.69, 9.17) is 0 Å². The molecule has 4 nitrogen and oxygen atoms in total. The van der Waals surface area contributed by atoms with Crippen LogP contribution in [0.2, 0.25) is 0 Å². The van der Waals surface area contributed by atoms with Gasteiger partial charge in [0.25, 0.3) is 0 Å². The predicted molar refractivity (Wildman–Crippen MR) is 77.6 cm³/mol. The SMILES string of the molecule is CC1(C)C(=O)N(C2CCN(C=O)CC2)c2ccccc21. The number of hydrogen-bond acceptors (Lipinski definition) is 2. The molecule has 0 aliphatic carbocycles. The van der Waals surface area contributed by atoms with Gasteiger partial charge in [0.2, 0.25) is 12.3 Å². The molecule has 1 aromatic rings. The number of likely N-dealkylation sites (tertiary alicyclic amines) is 1. The smallest absolute Gasteiger partial charge is 0.237 e. The van der Waals surface area contributed by atoms with Crippen LogP contribution in [0, 0.1) is 0 Å². The zero-order valence-electron chi connectivity index (χ0n) is 12.0. The van der Waals surface area contributed by atoms with Crippen LogP contribution in [-0.2, 0) is 15.0 Å². The Bertz CT molecular complexity index is 545. The second-order valence-corrected chi connectivity index (χ2v) is 6.19. The zero-order chi connectivity index (χ0) is 14.3. The first-order chi connectivity index (χ1) is 9.55. The van der Waals surface area contributed by atoms with Crippen molar-refractivity contribution in [3.05, 3.63) is 29.8 Å². The van der Waals surface area contributed by atoms with Crippen molar-refractivity contribution < 1.29 is 9.59 Å². The highest BCUT2D eigenvalue weighted by Crippen LogP contribution is 2.43. The predicted octanol–water partition coefficient (Wildman–Crippen LogP) is 1.93. The van der Waals surface area contributed by atoms with Crippen molar-refractivity contribution in [1.29, 1.82) is 0 Å². The van der Waals surface area contributed by atoms with Gasteiger partial charge in [0.1, 0.15) is 0 Å². The minimum absolute atomic E-state index is 0.184. The maximum atomic E-state index is 12.8. The third-order valence-corrected chi connectivity index (χ3v) is 4.60. The minimum atomic E-state index is -0.446. The van der Waals surface area contributed by atoms with Crippen molar-refractivity contribution in [2.24, 2.45) is 0 Å². The molecule has 2 amide bonds. The molecule has 1 fully saturated rings. The van der Waals surface area contributed by atoms with Gasteiger partial charge in [-0.3, -0.25) is 9.59 Å². The Balaban J connectivity index is 1.91. The van der Waals surface area contributed by atoms with Gasteiger partial charge in [-0.25, -0.2) is 0 Å². The number of para-hydroxylation sites is 1. The van der Waals surface area contributed by atoms with E-state index < -0.39 is 5.41 Å². The fraction of sp³-hybridized carbons (Fsp3) is 0.500. The normalized spacial score (nSPS) is 22.0. The van der Waals surface area contributed by atoms with Gasteiger partial charge in [-0.2, -0.15) is 0 Å². The van der Waals surface area contributed by atoms with Gasteiger partial charge in [-0.05, 0) is 38.3 Å². The highest BCUT2D eigenvalue weighted by Gasteiger charge is 2.46. The first kappa shape index (κ1) is 13.2. The van der Waals surface area contributed by atoms with Crippen molar-refractivity contribution >= 4 is 18.0 Å². The number of nitrogens with zero attached hydrogens (tertiary/aromatic N) is 2. The van der Waals surface area contributed by atoms with E-state index in [0.717, 1.165) is 43.6 Å². The lowest BCUT2D eigenvalue weighted by Gasteiger charge is -2.36. The Morgan fingerprint density at radius 1 is 1.20 bits per heavy atom. The molecule has 2 heterocycles. The first-order valence-electron chi connectivity index (χ1n) is 7.18.